The van der Waals surface area contributed by atoms with Gasteiger partial charge < -0.3 is 14.1 Å². The fraction of sp³-hybridized carbons (Fsp3) is 0.263. The van der Waals surface area contributed by atoms with E-state index in [9.17, 15) is 9.59 Å². The Morgan fingerprint density at radius 3 is 3.00 bits per heavy atom. The average molecular weight is 351 g/mol. The number of likely N-dealkylation sites (tertiary alicyclic amines) is 1. The number of piperidine rings is 1. The molecule has 1 saturated heterocycles. The van der Waals surface area contributed by atoms with E-state index in [4.69, 9.17) is 9.15 Å². The standard InChI is InChI=1S/C19H17N3O4/c23-18(15-10-13-4-1-2-6-16(13)26-19(15)24)22-9-3-5-14(12-22)25-17-11-20-7-8-21-17/h1-2,4,6-8,10-11,14H,3,5,9,12H2. The molecule has 1 amide bonds. The lowest BCUT2D eigenvalue weighted by atomic mass is 10.1. The predicted molar refractivity (Wildman–Crippen MR) is 94.1 cm³/mol. The molecule has 1 atom stereocenters. The van der Waals surface area contributed by atoms with Crippen molar-refractivity contribution in [3.63, 3.8) is 0 Å². The summed E-state index contributed by atoms with van der Waals surface area (Å²) in [5.41, 5.74) is -0.105. The molecule has 0 aliphatic carbocycles. The van der Waals surface area contributed by atoms with Crippen LogP contribution in [0.4, 0.5) is 0 Å². The summed E-state index contributed by atoms with van der Waals surface area (Å²) >= 11 is 0. The van der Waals surface area contributed by atoms with Gasteiger partial charge in [-0.2, -0.15) is 0 Å². The molecule has 2 aromatic heterocycles. The quantitative estimate of drug-likeness (QED) is 0.673. The zero-order valence-electron chi connectivity index (χ0n) is 14.0. The summed E-state index contributed by atoms with van der Waals surface area (Å²) in [7, 11) is 0. The summed E-state index contributed by atoms with van der Waals surface area (Å²) in [4.78, 5) is 34.8. The third kappa shape index (κ3) is 3.28. The Morgan fingerprint density at radius 1 is 1.27 bits per heavy atom. The minimum absolute atomic E-state index is 0.0452. The van der Waals surface area contributed by atoms with Crippen molar-refractivity contribution in [1.29, 1.82) is 0 Å². The van der Waals surface area contributed by atoms with Gasteiger partial charge in [0.05, 0.1) is 12.7 Å². The number of rotatable bonds is 3. The van der Waals surface area contributed by atoms with Crippen molar-refractivity contribution in [2.24, 2.45) is 0 Å². The van der Waals surface area contributed by atoms with Crippen molar-refractivity contribution < 1.29 is 13.9 Å². The van der Waals surface area contributed by atoms with Crippen LogP contribution in [-0.4, -0.2) is 40.0 Å². The van der Waals surface area contributed by atoms with E-state index in [2.05, 4.69) is 9.97 Å². The van der Waals surface area contributed by atoms with Gasteiger partial charge in [0.1, 0.15) is 17.3 Å². The number of para-hydroxylation sites is 1. The third-order valence-electron chi connectivity index (χ3n) is 4.36. The number of fused-ring (bicyclic) bond motifs is 1. The second kappa shape index (κ2) is 6.95. The first-order chi connectivity index (χ1) is 12.7. The van der Waals surface area contributed by atoms with E-state index in [1.54, 1.807) is 41.7 Å². The Kier molecular flexibility index (Phi) is 4.35. The Morgan fingerprint density at radius 2 is 2.15 bits per heavy atom. The van der Waals surface area contributed by atoms with Crippen LogP contribution in [0.5, 0.6) is 5.88 Å². The van der Waals surface area contributed by atoms with E-state index >= 15 is 0 Å². The zero-order chi connectivity index (χ0) is 17.9. The molecule has 0 spiro atoms. The van der Waals surface area contributed by atoms with Crippen LogP contribution in [0.15, 0.2) is 58.1 Å². The molecular weight excluding hydrogens is 334 g/mol. The molecule has 0 saturated carbocycles. The molecule has 7 heteroatoms. The van der Waals surface area contributed by atoms with Crippen molar-refractivity contribution >= 4 is 16.9 Å². The Balaban J connectivity index is 1.54. The smallest absolute Gasteiger partial charge is 0.349 e. The largest absolute Gasteiger partial charge is 0.471 e. The van der Waals surface area contributed by atoms with Crippen molar-refractivity contribution in [3.8, 4) is 5.88 Å². The minimum Gasteiger partial charge on any atom is -0.471 e. The van der Waals surface area contributed by atoms with Gasteiger partial charge >= 0.3 is 5.63 Å². The topological polar surface area (TPSA) is 85.5 Å². The fourth-order valence-corrected chi connectivity index (χ4v) is 3.12. The highest BCUT2D eigenvalue weighted by atomic mass is 16.5. The number of ether oxygens (including phenoxy) is 1. The van der Waals surface area contributed by atoms with Crippen LogP contribution in [0.3, 0.4) is 0 Å². The highest BCUT2D eigenvalue weighted by Crippen LogP contribution is 2.19. The molecule has 3 heterocycles. The van der Waals surface area contributed by atoms with Crippen molar-refractivity contribution in [2.45, 2.75) is 18.9 Å². The Labute approximate surface area is 149 Å². The van der Waals surface area contributed by atoms with Gasteiger partial charge in [-0.1, -0.05) is 18.2 Å². The molecule has 132 valence electrons. The summed E-state index contributed by atoms with van der Waals surface area (Å²) in [6.07, 6.45) is 6.09. The molecular formula is C19H17N3O4. The predicted octanol–water partition coefficient (Wildman–Crippen LogP) is 2.27. The maximum atomic E-state index is 12.8. The van der Waals surface area contributed by atoms with Crippen LogP contribution in [0.1, 0.15) is 23.2 Å². The number of hydrogen-bond donors (Lipinski definition) is 0. The number of benzene rings is 1. The first kappa shape index (κ1) is 16.3. The third-order valence-corrected chi connectivity index (χ3v) is 4.36. The lowest BCUT2D eigenvalue weighted by Crippen LogP contribution is -2.45. The lowest BCUT2D eigenvalue weighted by Gasteiger charge is -2.32. The number of carbonyl (C=O) groups is 1. The van der Waals surface area contributed by atoms with Gasteiger partial charge in [0.25, 0.3) is 5.91 Å². The molecule has 1 aliphatic heterocycles. The molecule has 4 rings (SSSR count). The maximum absolute atomic E-state index is 12.8. The molecule has 1 fully saturated rings. The first-order valence-corrected chi connectivity index (χ1v) is 8.45. The van der Waals surface area contributed by atoms with Crippen LogP contribution < -0.4 is 10.4 Å². The molecule has 3 aromatic rings. The van der Waals surface area contributed by atoms with Crippen LogP contribution in [0, 0.1) is 0 Å². The van der Waals surface area contributed by atoms with Gasteiger partial charge in [0, 0.05) is 24.3 Å². The van der Waals surface area contributed by atoms with Gasteiger partial charge in [-0.15, -0.1) is 0 Å². The number of carbonyl (C=O) groups excluding carboxylic acids is 1. The molecule has 0 N–H and O–H groups in total. The molecule has 1 aromatic carbocycles. The maximum Gasteiger partial charge on any atom is 0.349 e. The first-order valence-electron chi connectivity index (χ1n) is 8.45. The van der Waals surface area contributed by atoms with Gasteiger partial charge in [-0.25, -0.2) is 9.78 Å². The summed E-state index contributed by atoms with van der Waals surface area (Å²) in [5.74, 6) is 0.0916. The Hall–Kier alpha value is -3.22. The van der Waals surface area contributed by atoms with Crippen molar-refractivity contribution in [3.05, 3.63) is 64.9 Å². The zero-order valence-corrected chi connectivity index (χ0v) is 14.0. The van der Waals surface area contributed by atoms with Gasteiger partial charge in [0.2, 0.25) is 5.88 Å². The molecule has 1 aliphatic rings. The number of aromatic nitrogens is 2. The van der Waals surface area contributed by atoms with Crippen molar-refractivity contribution in [2.75, 3.05) is 13.1 Å². The second-order valence-electron chi connectivity index (χ2n) is 6.16. The molecule has 26 heavy (non-hydrogen) atoms. The monoisotopic (exact) mass is 351 g/mol. The second-order valence-corrected chi connectivity index (χ2v) is 6.16. The SMILES string of the molecule is O=C(c1cc2ccccc2oc1=O)N1CCCC(Oc2cnccn2)C1. The normalized spacial score (nSPS) is 17.2. The minimum atomic E-state index is -0.620. The van der Waals surface area contributed by atoms with E-state index in [0.29, 0.717) is 24.6 Å². The van der Waals surface area contributed by atoms with Gasteiger partial charge in [-0.3, -0.25) is 9.78 Å². The number of nitrogens with zero attached hydrogens (tertiary/aromatic N) is 3. The van der Waals surface area contributed by atoms with E-state index in [0.717, 1.165) is 18.2 Å². The molecule has 1 unspecified atom stereocenters. The number of hydrogen-bond acceptors (Lipinski definition) is 6. The van der Waals surface area contributed by atoms with Crippen LogP contribution in [0.25, 0.3) is 11.0 Å². The highest BCUT2D eigenvalue weighted by molar-refractivity contribution is 5.96. The Bertz CT molecular complexity index is 987. The summed E-state index contributed by atoms with van der Waals surface area (Å²) in [6, 6.07) is 8.73. The van der Waals surface area contributed by atoms with E-state index in [1.807, 2.05) is 12.1 Å². The molecule has 0 radical (unpaired) electrons. The van der Waals surface area contributed by atoms with Gasteiger partial charge in [-0.05, 0) is 25.0 Å². The van der Waals surface area contributed by atoms with E-state index in [1.165, 1.54) is 0 Å². The molecule has 0 bridgehead atoms. The summed E-state index contributed by atoms with van der Waals surface area (Å²) in [5, 5.41) is 0.722. The fourth-order valence-electron chi connectivity index (χ4n) is 3.12. The molecule has 7 nitrogen and oxygen atoms in total. The van der Waals surface area contributed by atoms with E-state index in [-0.39, 0.29) is 17.6 Å². The highest BCUT2D eigenvalue weighted by Gasteiger charge is 2.28. The number of amides is 1. The average Bonchev–Trinajstić information content (AvgIpc) is 2.68. The van der Waals surface area contributed by atoms with Crippen LogP contribution in [-0.2, 0) is 0 Å². The van der Waals surface area contributed by atoms with Gasteiger partial charge in [0.15, 0.2) is 0 Å². The van der Waals surface area contributed by atoms with Crippen molar-refractivity contribution in [1.82, 2.24) is 14.9 Å². The van der Waals surface area contributed by atoms with Crippen LogP contribution in [0.2, 0.25) is 0 Å². The van der Waals surface area contributed by atoms with E-state index < -0.39 is 5.63 Å². The summed E-state index contributed by atoms with van der Waals surface area (Å²) in [6.45, 7) is 0.965. The lowest BCUT2D eigenvalue weighted by molar-refractivity contribution is 0.0523. The van der Waals surface area contributed by atoms with Crippen LogP contribution >= 0.6 is 0 Å². The summed E-state index contributed by atoms with van der Waals surface area (Å²) < 4.78 is 11.1.